The molecule has 7 nitrogen and oxygen atoms in total. The quantitative estimate of drug-likeness (QED) is 0.723. The molecule has 0 aliphatic carbocycles. The maximum atomic E-state index is 12.4. The molecule has 0 aliphatic rings. The van der Waals surface area contributed by atoms with Crippen LogP contribution in [0.2, 0.25) is 0 Å². The zero-order valence-electron chi connectivity index (χ0n) is 14.5. The maximum Gasteiger partial charge on any atom is 0.329 e. The molecule has 2 amide bonds. The van der Waals surface area contributed by atoms with Crippen molar-refractivity contribution in [1.29, 1.82) is 0 Å². The first-order valence-electron chi connectivity index (χ1n) is 7.46. The molecule has 1 atom stereocenters. The summed E-state index contributed by atoms with van der Waals surface area (Å²) in [6.45, 7) is 10.6. The van der Waals surface area contributed by atoms with Gasteiger partial charge in [0.1, 0.15) is 6.04 Å². The Labute approximate surface area is 132 Å². The molecule has 7 heteroatoms. The van der Waals surface area contributed by atoms with E-state index in [4.69, 9.17) is 4.74 Å². The second-order valence-corrected chi connectivity index (χ2v) is 5.89. The molecule has 0 saturated heterocycles. The summed E-state index contributed by atoms with van der Waals surface area (Å²) in [5, 5.41) is 2.73. The van der Waals surface area contributed by atoms with E-state index in [2.05, 4.69) is 10.1 Å². The lowest BCUT2D eigenvalue weighted by Gasteiger charge is -2.34. The van der Waals surface area contributed by atoms with E-state index in [1.54, 1.807) is 27.7 Å². The Balaban J connectivity index is 5.40. The van der Waals surface area contributed by atoms with Gasteiger partial charge in [-0.1, -0.05) is 0 Å². The Bertz CT molecular complexity index is 393. The van der Waals surface area contributed by atoms with E-state index in [9.17, 15) is 14.4 Å². The van der Waals surface area contributed by atoms with Crippen molar-refractivity contribution >= 4 is 18.0 Å². The number of carbonyl (C=O) groups excluding carboxylic acids is 3. The van der Waals surface area contributed by atoms with Gasteiger partial charge in [-0.3, -0.25) is 4.79 Å². The summed E-state index contributed by atoms with van der Waals surface area (Å²) in [4.78, 5) is 37.6. The summed E-state index contributed by atoms with van der Waals surface area (Å²) in [7, 11) is 1.24. The minimum absolute atomic E-state index is 0.0892. The smallest absolute Gasteiger partial charge is 0.329 e. The lowest BCUT2D eigenvalue weighted by molar-refractivity contribution is -0.158. The van der Waals surface area contributed by atoms with Crippen LogP contribution >= 0.6 is 0 Å². The van der Waals surface area contributed by atoms with Crippen molar-refractivity contribution < 1.29 is 23.9 Å². The van der Waals surface area contributed by atoms with E-state index in [1.807, 2.05) is 13.8 Å². The lowest BCUT2D eigenvalue weighted by atomic mass is 10.1. The number of methoxy groups -OCH3 is 1. The van der Waals surface area contributed by atoms with Crippen LogP contribution in [0, 0.1) is 0 Å². The SMILES string of the molecule is COC(=O)CC(C(=O)OC(C)C)N(C(=O)NC(C)C)C(C)C. The van der Waals surface area contributed by atoms with Gasteiger partial charge in [-0.05, 0) is 41.5 Å². The maximum absolute atomic E-state index is 12.4. The number of esters is 2. The Kier molecular flexibility index (Phi) is 8.52. The van der Waals surface area contributed by atoms with Crippen molar-refractivity contribution in [3.8, 4) is 0 Å². The molecule has 0 aromatic rings. The van der Waals surface area contributed by atoms with Crippen molar-refractivity contribution in [3.05, 3.63) is 0 Å². The summed E-state index contributed by atoms with van der Waals surface area (Å²) in [5.41, 5.74) is 0. The predicted molar refractivity (Wildman–Crippen MR) is 82.3 cm³/mol. The molecular weight excluding hydrogens is 288 g/mol. The monoisotopic (exact) mass is 316 g/mol. The first-order valence-corrected chi connectivity index (χ1v) is 7.46. The van der Waals surface area contributed by atoms with E-state index in [-0.39, 0.29) is 24.6 Å². The van der Waals surface area contributed by atoms with Gasteiger partial charge in [-0.15, -0.1) is 0 Å². The number of amides is 2. The number of hydrogen-bond donors (Lipinski definition) is 1. The number of carbonyl (C=O) groups is 3. The van der Waals surface area contributed by atoms with Crippen LogP contribution in [0.15, 0.2) is 0 Å². The van der Waals surface area contributed by atoms with Gasteiger partial charge in [-0.2, -0.15) is 0 Å². The number of nitrogens with zero attached hydrogens (tertiary/aromatic N) is 1. The molecule has 0 aromatic heterocycles. The van der Waals surface area contributed by atoms with Crippen LogP contribution in [0.1, 0.15) is 48.0 Å². The molecule has 0 saturated carbocycles. The first-order chi connectivity index (χ1) is 10.1. The molecule has 1 unspecified atom stereocenters. The minimum atomic E-state index is -1.02. The van der Waals surface area contributed by atoms with Crippen LogP contribution in [0.3, 0.4) is 0 Å². The molecule has 1 N–H and O–H groups in total. The zero-order chi connectivity index (χ0) is 17.4. The molecule has 0 heterocycles. The Morgan fingerprint density at radius 1 is 1.05 bits per heavy atom. The molecule has 22 heavy (non-hydrogen) atoms. The number of nitrogens with one attached hydrogen (secondary N) is 1. The minimum Gasteiger partial charge on any atom is -0.469 e. The van der Waals surface area contributed by atoms with Crippen molar-refractivity contribution in [3.63, 3.8) is 0 Å². The fraction of sp³-hybridized carbons (Fsp3) is 0.800. The highest BCUT2D eigenvalue weighted by atomic mass is 16.5. The van der Waals surface area contributed by atoms with E-state index >= 15 is 0 Å². The summed E-state index contributed by atoms with van der Waals surface area (Å²) in [5.74, 6) is -1.19. The third-order valence-electron chi connectivity index (χ3n) is 2.75. The topological polar surface area (TPSA) is 84.9 Å². The molecule has 0 radical (unpaired) electrons. The third-order valence-corrected chi connectivity index (χ3v) is 2.75. The molecule has 0 aliphatic heterocycles. The van der Waals surface area contributed by atoms with Gasteiger partial charge in [0.25, 0.3) is 0 Å². The highest BCUT2D eigenvalue weighted by Crippen LogP contribution is 2.14. The Morgan fingerprint density at radius 3 is 1.95 bits per heavy atom. The summed E-state index contributed by atoms with van der Waals surface area (Å²) in [6.07, 6.45) is -0.582. The van der Waals surface area contributed by atoms with Crippen molar-refractivity contribution in [1.82, 2.24) is 10.2 Å². The zero-order valence-corrected chi connectivity index (χ0v) is 14.5. The van der Waals surface area contributed by atoms with Crippen molar-refractivity contribution in [2.24, 2.45) is 0 Å². The fourth-order valence-corrected chi connectivity index (χ4v) is 1.90. The average molecular weight is 316 g/mol. The summed E-state index contributed by atoms with van der Waals surface area (Å²) >= 11 is 0. The lowest BCUT2D eigenvalue weighted by Crippen LogP contribution is -2.55. The molecule has 128 valence electrons. The standard InChI is InChI=1S/C15H28N2O5/c1-9(2)16-15(20)17(10(3)4)12(8-13(18)21-7)14(19)22-11(5)6/h9-12H,8H2,1-7H3,(H,16,20). The molecule has 0 bridgehead atoms. The highest BCUT2D eigenvalue weighted by Gasteiger charge is 2.35. The van der Waals surface area contributed by atoms with E-state index in [0.717, 1.165) is 0 Å². The molecule has 0 aromatic carbocycles. The van der Waals surface area contributed by atoms with Crippen LogP contribution in [0.25, 0.3) is 0 Å². The van der Waals surface area contributed by atoms with Crippen LogP contribution in [-0.4, -0.2) is 54.2 Å². The summed E-state index contributed by atoms with van der Waals surface area (Å²) < 4.78 is 9.80. The second-order valence-electron chi connectivity index (χ2n) is 5.89. The van der Waals surface area contributed by atoms with Gasteiger partial charge in [0.05, 0.1) is 19.6 Å². The second kappa shape index (κ2) is 9.27. The predicted octanol–water partition coefficient (Wildman–Crippen LogP) is 1.70. The number of ether oxygens (including phenoxy) is 2. The van der Waals surface area contributed by atoms with Crippen LogP contribution in [0.5, 0.6) is 0 Å². The molecule has 0 fully saturated rings. The van der Waals surface area contributed by atoms with Gasteiger partial charge in [0, 0.05) is 12.1 Å². The van der Waals surface area contributed by atoms with Crippen LogP contribution < -0.4 is 5.32 Å². The van der Waals surface area contributed by atoms with Crippen molar-refractivity contribution in [2.75, 3.05) is 7.11 Å². The average Bonchev–Trinajstić information content (AvgIpc) is 2.35. The van der Waals surface area contributed by atoms with E-state index < -0.39 is 24.0 Å². The first kappa shape index (κ1) is 20.2. The Hall–Kier alpha value is -1.79. The summed E-state index contributed by atoms with van der Waals surface area (Å²) in [6, 6.07) is -1.81. The third kappa shape index (κ3) is 6.78. The van der Waals surface area contributed by atoms with Crippen molar-refractivity contribution in [2.45, 2.75) is 72.2 Å². The molecular formula is C15H28N2O5. The van der Waals surface area contributed by atoms with E-state index in [1.165, 1.54) is 12.0 Å². The van der Waals surface area contributed by atoms with Gasteiger partial charge in [-0.25, -0.2) is 9.59 Å². The van der Waals surface area contributed by atoms with E-state index in [0.29, 0.717) is 0 Å². The van der Waals surface area contributed by atoms with Crippen LogP contribution in [-0.2, 0) is 19.1 Å². The van der Waals surface area contributed by atoms with Gasteiger partial charge in [0.15, 0.2) is 0 Å². The van der Waals surface area contributed by atoms with Gasteiger partial charge < -0.3 is 19.7 Å². The number of rotatable bonds is 7. The molecule has 0 spiro atoms. The largest absolute Gasteiger partial charge is 0.469 e. The Morgan fingerprint density at radius 2 is 1.59 bits per heavy atom. The normalized spacial score (nSPS) is 12.3. The molecule has 0 rings (SSSR count). The fourth-order valence-electron chi connectivity index (χ4n) is 1.90. The van der Waals surface area contributed by atoms with Gasteiger partial charge in [0.2, 0.25) is 0 Å². The van der Waals surface area contributed by atoms with Gasteiger partial charge >= 0.3 is 18.0 Å². The van der Waals surface area contributed by atoms with Crippen LogP contribution in [0.4, 0.5) is 4.79 Å². The number of urea groups is 1. The number of hydrogen-bond acceptors (Lipinski definition) is 5. The highest BCUT2D eigenvalue weighted by molar-refractivity contribution is 5.88.